The van der Waals surface area contributed by atoms with Gasteiger partial charge in [-0.1, -0.05) is 0 Å². The Balaban J connectivity index is 3.10. The molecule has 1 aromatic rings. The van der Waals surface area contributed by atoms with Gasteiger partial charge in [-0.05, 0) is 46.9 Å². The summed E-state index contributed by atoms with van der Waals surface area (Å²) in [4.78, 5) is 0. The Morgan fingerprint density at radius 3 is 2.77 bits per heavy atom. The van der Waals surface area contributed by atoms with Crippen molar-refractivity contribution in [2.24, 2.45) is 5.73 Å². The zero-order valence-electron chi connectivity index (χ0n) is 6.34. The van der Waals surface area contributed by atoms with Gasteiger partial charge in [-0.2, -0.15) is 0 Å². The van der Waals surface area contributed by atoms with Crippen molar-refractivity contribution < 1.29 is 9.50 Å². The third-order valence-corrected chi connectivity index (χ3v) is 2.26. The summed E-state index contributed by atoms with van der Waals surface area (Å²) in [6.07, 6.45) is 0. The van der Waals surface area contributed by atoms with Crippen LogP contribution in [0.1, 0.15) is 0 Å². The molecule has 0 aliphatic heterocycles. The largest absolute Gasteiger partial charge is 0.503 e. The monoisotopic (exact) mass is 312 g/mol. The second-order valence-electron chi connectivity index (χ2n) is 2.25. The molecule has 0 aromatic heterocycles. The van der Waals surface area contributed by atoms with E-state index in [-0.39, 0.29) is 10.8 Å². The highest BCUT2D eigenvalue weighted by atomic mass is 127. The van der Waals surface area contributed by atoms with Crippen molar-refractivity contribution in [2.45, 2.75) is 0 Å². The Hall–Kier alpha value is -0.630. The van der Waals surface area contributed by atoms with Crippen LogP contribution in [0.15, 0.2) is 12.1 Å². The average Bonchev–Trinajstić information content (AvgIpc) is 2.06. The lowest BCUT2D eigenvalue weighted by Crippen LogP contribution is -2.19. The van der Waals surface area contributed by atoms with E-state index in [4.69, 9.17) is 5.73 Å². The first-order chi connectivity index (χ1) is 6.02. The van der Waals surface area contributed by atoms with Crippen molar-refractivity contribution in [2.75, 3.05) is 5.32 Å². The number of halogens is 2. The van der Waals surface area contributed by atoms with Gasteiger partial charge >= 0.3 is 0 Å². The highest BCUT2D eigenvalue weighted by molar-refractivity contribution is 14.1. The first-order valence-corrected chi connectivity index (χ1v) is 4.74. The van der Waals surface area contributed by atoms with E-state index >= 15 is 0 Å². The fourth-order valence-corrected chi connectivity index (χ4v) is 1.32. The van der Waals surface area contributed by atoms with Crippen molar-refractivity contribution in [3.63, 3.8) is 0 Å². The van der Waals surface area contributed by atoms with Crippen molar-refractivity contribution in [3.8, 4) is 5.75 Å². The molecule has 4 N–H and O–H groups in total. The number of thiocarbonyl (C=S) groups is 1. The van der Waals surface area contributed by atoms with E-state index in [9.17, 15) is 9.50 Å². The number of aromatic hydroxyl groups is 1. The van der Waals surface area contributed by atoms with Crippen molar-refractivity contribution >= 4 is 45.6 Å². The van der Waals surface area contributed by atoms with E-state index in [1.165, 1.54) is 12.1 Å². The van der Waals surface area contributed by atoms with Crippen molar-refractivity contribution in [1.82, 2.24) is 0 Å². The maximum absolute atomic E-state index is 13.1. The Labute approximate surface area is 93.3 Å². The van der Waals surface area contributed by atoms with Crippen LogP contribution in [0, 0.1) is 9.39 Å². The zero-order valence-corrected chi connectivity index (χ0v) is 9.32. The standard InChI is InChI=1S/C7H6FIN2OS/c8-5-3(9)1-2-4(6(5)12)11-7(10)13/h1-2,12H,(H3,10,11,13). The normalized spacial score (nSPS) is 9.69. The fourth-order valence-electron chi connectivity index (χ4n) is 0.774. The van der Waals surface area contributed by atoms with E-state index in [1.807, 2.05) is 0 Å². The Kier molecular flexibility index (Phi) is 3.26. The minimum Gasteiger partial charge on any atom is -0.503 e. The van der Waals surface area contributed by atoms with Gasteiger partial charge in [0, 0.05) is 0 Å². The second-order valence-corrected chi connectivity index (χ2v) is 3.85. The molecule has 1 aromatic carbocycles. The average molecular weight is 312 g/mol. The molecule has 70 valence electrons. The lowest BCUT2D eigenvalue weighted by atomic mass is 10.3. The molecule has 3 nitrogen and oxygen atoms in total. The van der Waals surface area contributed by atoms with Crippen molar-refractivity contribution in [1.29, 1.82) is 0 Å². The SMILES string of the molecule is NC(=S)Nc1ccc(I)c(F)c1O. The molecule has 0 radical (unpaired) electrons. The summed E-state index contributed by atoms with van der Waals surface area (Å²) in [5.74, 6) is -1.15. The molecule has 13 heavy (non-hydrogen) atoms. The summed E-state index contributed by atoms with van der Waals surface area (Å²) in [6.45, 7) is 0. The summed E-state index contributed by atoms with van der Waals surface area (Å²) < 4.78 is 13.4. The molecule has 0 aliphatic rings. The highest BCUT2D eigenvalue weighted by Crippen LogP contribution is 2.29. The van der Waals surface area contributed by atoms with Gasteiger partial charge in [0.1, 0.15) is 0 Å². The molecular weight excluding hydrogens is 306 g/mol. The summed E-state index contributed by atoms with van der Waals surface area (Å²) in [6, 6.07) is 3.01. The van der Waals surface area contributed by atoms with Gasteiger partial charge in [0.2, 0.25) is 0 Å². The molecule has 0 amide bonds. The molecule has 0 heterocycles. The Morgan fingerprint density at radius 1 is 1.62 bits per heavy atom. The first-order valence-electron chi connectivity index (χ1n) is 3.26. The fraction of sp³-hybridized carbons (Fsp3) is 0. The molecule has 0 fully saturated rings. The van der Waals surface area contributed by atoms with Gasteiger partial charge in [-0.15, -0.1) is 0 Å². The molecule has 0 aliphatic carbocycles. The van der Waals surface area contributed by atoms with Crippen LogP contribution in [-0.4, -0.2) is 10.2 Å². The molecule has 1 rings (SSSR count). The van der Waals surface area contributed by atoms with Crippen LogP contribution in [0.2, 0.25) is 0 Å². The van der Waals surface area contributed by atoms with E-state index in [2.05, 4.69) is 17.5 Å². The number of nitrogens with two attached hydrogens (primary N) is 1. The van der Waals surface area contributed by atoms with E-state index < -0.39 is 11.6 Å². The number of phenolic OH excluding ortho intramolecular Hbond substituents is 1. The van der Waals surface area contributed by atoms with E-state index in [0.717, 1.165) is 0 Å². The molecule has 0 atom stereocenters. The summed E-state index contributed by atoms with van der Waals surface area (Å²) in [5.41, 5.74) is 5.34. The lowest BCUT2D eigenvalue weighted by Gasteiger charge is -2.07. The smallest absolute Gasteiger partial charge is 0.180 e. The lowest BCUT2D eigenvalue weighted by molar-refractivity contribution is 0.433. The highest BCUT2D eigenvalue weighted by Gasteiger charge is 2.10. The maximum atomic E-state index is 13.1. The quantitative estimate of drug-likeness (QED) is 0.420. The van der Waals surface area contributed by atoms with Crippen LogP contribution in [0.25, 0.3) is 0 Å². The number of benzene rings is 1. The summed E-state index contributed by atoms with van der Waals surface area (Å²) >= 11 is 6.32. The molecule has 6 heteroatoms. The number of anilines is 1. The third kappa shape index (κ3) is 2.41. The van der Waals surface area contributed by atoms with Crippen molar-refractivity contribution in [3.05, 3.63) is 21.5 Å². The molecular formula is C7H6FIN2OS. The van der Waals surface area contributed by atoms with Gasteiger partial charge in [0.25, 0.3) is 0 Å². The van der Waals surface area contributed by atoms with E-state index in [1.54, 1.807) is 22.6 Å². The predicted octanol–water partition coefficient (Wildman–Crippen LogP) is 1.79. The van der Waals surface area contributed by atoms with Gasteiger partial charge in [-0.25, -0.2) is 4.39 Å². The minimum absolute atomic E-state index is 0.0177. The molecule has 0 bridgehead atoms. The number of phenols is 1. The second kappa shape index (κ2) is 4.05. The number of nitrogens with one attached hydrogen (secondary N) is 1. The van der Waals surface area contributed by atoms with E-state index in [0.29, 0.717) is 3.57 Å². The molecule has 0 spiro atoms. The van der Waals surface area contributed by atoms with Gasteiger partial charge < -0.3 is 16.2 Å². The van der Waals surface area contributed by atoms with Crippen LogP contribution in [-0.2, 0) is 0 Å². The minimum atomic E-state index is -0.679. The van der Waals surface area contributed by atoms with Gasteiger partial charge in [0.15, 0.2) is 16.7 Å². The van der Waals surface area contributed by atoms with Crippen LogP contribution in [0.3, 0.4) is 0 Å². The molecule has 0 saturated carbocycles. The number of rotatable bonds is 1. The number of hydrogen-bond donors (Lipinski definition) is 3. The van der Waals surface area contributed by atoms with Crippen LogP contribution < -0.4 is 11.1 Å². The Bertz CT molecular complexity index is 359. The van der Waals surface area contributed by atoms with Crippen LogP contribution in [0.5, 0.6) is 5.75 Å². The Morgan fingerprint density at radius 2 is 2.23 bits per heavy atom. The first kappa shape index (κ1) is 10.5. The number of hydrogen-bond acceptors (Lipinski definition) is 2. The summed E-state index contributed by atoms with van der Waals surface area (Å²) in [7, 11) is 0. The third-order valence-electron chi connectivity index (χ3n) is 1.33. The van der Waals surface area contributed by atoms with Crippen LogP contribution >= 0.6 is 34.8 Å². The topological polar surface area (TPSA) is 58.3 Å². The van der Waals surface area contributed by atoms with Gasteiger partial charge in [0.05, 0.1) is 9.26 Å². The zero-order chi connectivity index (χ0) is 10.0. The molecule has 0 saturated heterocycles. The van der Waals surface area contributed by atoms with Gasteiger partial charge in [-0.3, -0.25) is 0 Å². The molecule has 0 unspecified atom stereocenters. The maximum Gasteiger partial charge on any atom is 0.180 e. The van der Waals surface area contributed by atoms with Crippen LogP contribution in [0.4, 0.5) is 10.1 Å². The predicted molar refractivity (Wildman–Crippen MR) is 61.2 cm³/mol. The summed E-state index contributed by atoms with van der Waals surface area (Å²) in [5, 5.41) is 11.7.